The minimum Gasteiger partial charge on any atom is -0.493 e. The molecule has 4 rings (SSSR count). The standard InChI is InChI=1S/C32H36N4O5S/c1-21-8-11-27(12-9-21)35(42(38,39)29-14-15-30(40-6)31(18-29)41-7)20-32(37)34-33-19-26-17-24(4)36(25(26)5)28-13-10-22(2)23(3)16-28/h8-19H,20H2,1-7H3,(H,34,37)/b33-19-. The zero-order valence-corrected chi connectivity index (χ0v) is 25.7. The van der Waals surface area contributed by atoms with Crippen molar-refractivity contribution in [2.45, 2.75) is 39.5 Å². The number of hydrogen-bond donors (Lipinski definition) is 1. The summed E-state index contributed by atoms with van der Waals surface area (Å²) < 4.78 is 41.3. The number of carbonyl (C=O) groups is 1. The summed E-state index contributed by atoms with van der Waals surface area (Å²) in [6.07, 6.45) is 1.57. The Bertz CT molecular complexity index is 1740. The van der Waals surface area contributed by atoms with Gasteiger partial charge in [0.1, 0.15) is 6.54 Å². The molecule has 0 aliphatic rings. The molecule has 4 aromatic rings. The molecule has 1 N–H and O–H groups in total. The number of hydrazone groups is 1. The third-order valence-corrected chi connectivity index (χ3v) is 8.93. The van der Waals surface area contributed by atoms with Crippen LogP contribution in [0.2, 0.25) is 0 Å². The number of sulfonamides is 1. The molecule has 9 nitrogen and oxygen atoms in total. The number of amides is 1. The second-order valence-electron chi connectivity index (χ2n) is 10.1. The van der Waals surface area contributed by atoms with Gasteiger partial charge in [0, 0.05) is 28.7 Å². The highest BCUT2D eigenvalue weighted by molar-refractivity contribution is 7.92. The van der Waals surface area contributed by atoms with Gasteiger partial charge in [0.25, 0.3) is 15.9 Å². The molecule has 0 aliphatic carbocycles. The molecule has 0 fully saturated rings. The number of methoxy groups -OCH3 is 2. The van der Waals surface area contributed by atoms with Gasteiger partial charge in [-0.25, -0.2) is 13.8 Å². The molecule has 1 heterocycles. The molecule has 0 bridgehead atoms. The van der Waals surface area contributed by atoms with Gasteiger partial charge in [0.2, 0.25) is 0 Å². The van der Waals surface area contributed by atoms with Gasteiger partial charge in [-0.05, 0) is 88.2 Å². The van der Waals surface area contributed by atoms with Crippen molar-refractivity contribution in [3.8, 4) is 17.2 Å². The van der Waals surface area contributed by atoms with E-state index in [1.807, 2.05) is 26.8 Å². The SMILES string of the molecule is COc1ccc(S(=O)(=O)N(CC(=O)N/N=C\c2cc(C)n(-c3ccc(C)c(C)c3)c2C)c2ccc(C)cc2)cc1OC. The molecule has 0 spiro atoms. The van der Waals surface area contributed by atoms with Crippen molar-refractivity contribution in [2.75, 3.05) is 25.1 Å². The first-order chi connectivity index (χ1) is 20.0. The van der Waals surface area contributed by atoms with Crippen LogP contribution < -0.4 is 19.2 Å². The molecule has 0 unspecified atom stereocenters. The minimum absolute atomic E-state index is 0.0455. The topological polar surface area (TPSA) is 102 Å². The van der Waals surface area contributed by atoms with Crippen LogP contribution in [0, 0.1) is 34.6 Å². The van der Waals surface area contributed by atoms with E-state index in [4.69, 9.17) is 9.47 Å². The van der Waals surface area contributed by atoms with Crippen molar-refractivity contribution in [2.24, 2.45) is 5.10 Å². The van der Waals surface area contributed by atoms with E-state index < -0.39 is 22.5 Å². The average molecular weight is 589 g/mol. The number of nitrogens with zero attached hydrogens (tertiary/aromatic N) is 3. The Balaban J connectivity index is 1.58. The number of aryl methyl sites for hydroxylation is 4. The van der Waals surface area contributed by atoms with Crippen LogP contribution in [0.25, 0.3) is 5.69 Å². The van der Waals surface area contributed by atoms with Gasteiger partial charge >= 0.3 is 0 Å². The van der Waals surface area contributed by atoms with Gasteiger partial charge in [0.15, 0.2) is 11.5 Å². The Labute approximate surface area is 247 Å². The maximum absolute atomic E-state index is 13.8. The highest BCUT2D eigenvalue weighted by Crippen LogP contribution is 2.32. The highest BCUT2D eigenvalue weighted by atomic mass is 32.2. The Morgan fingerprint density at radius 2 is 1.57 bits per heavy atom. The molecular formula is C32H36N4O5S. The predicted octanol–water partition coefficient (Wildman–Crippen LogP) is 5.38. The van der Waals surface area contributed by atoms with E-state index in [1.54, 1.807) is 30.5 Å². The summed E-state index contributed by atoms with van der Waals surface area (Å²) in [6.45, 7) is 9.56. The fraction of sp³-hybridized carbons (Fsp3) is 0.250. The first-order valence-electron chi connectivity index (χ1n) is 13.4. The lowest BCUT2D eigenvalue weighted by Crippen LogP contribution is -2.39. The summed E-state index contributed by atoms with van der Waals surface area (Å²) in [5, 5.41) is 4.15. The number of anilines is 1. The van der Waals surface area contributed by atoms with Crippen LogP contribution in [0.15, 0.2) is 76.7 Å². The van der Waals surface area contributed by atoms with Crippen molar-refractivity contribution < 1.29 is 22.7 Å². The van der Waals surface area contributed by atoms with Gasteiger partial charge in [-0.2, -0.15) is 5.10 Å². The van der Waals surface area contributed by atoms with E-state index in [0.29, 0.717) is 11.4 Å². The summed E-state index contributed by atoms with van der Waals surface area (Å²) in [7, 11) is -1.27. The molecule has 0 atom stereocenters. The second-order valence-corrected chi connectivity index (χ2v) is 11.9. The zero-order chi connectivity index (χ0) is 30.6. The Kier molecular flexibility index (Phi) is 9.06. The van der Waals surface area contributed by atoms with E-state index in [9.17, 15) is 13.2 Å². The monoisotopic (exact) mass is 588 g/mol. The van der Waals surface area contributed by atoms with Crippen molar-refractivity contribution >= 4 is 27.8 Å². The van der Waals surface area contributed by atoms with Gasteiger partial charge in [0.05, 0.1) is 31.0 Å². The lowest BCUT2D eigenvalue weighted by Gasteiger charge is -2.24. The number of carbonyl (C=O) groups excluding carboxylic acids is 1. The molecular weight excluding hydrogens is 552 g/mol. The Morgan fingerprint density at radius 1 is 0.881 bits per heavy atom. The van der Waals surface area contributed by atoms with Crippen LogP contribution in [-0.4, -0.2) is 45.9 Å². The van der Waals surface area contributed by atoms with Crippen LogP contribution in [0.1, 0.15) is 33.6 Å². The van der Waals surface area contributed by atoms with Crippen LogP contribution >= 0.6 is 0 Å². The van der Waals surface area contributed by atoms with E-state index in [2.05, 4.69) is 47.1 Å². The van der Waals surface area contributed by atoms with Crippen molar-refractivity contribution in [1.82, 2.24) is 9.99 Å². The van der Waals surface area contributed by atoms with Crippen LogP contribution in [0.4, 0.5) is 5.69 Å². The van der Waals surface area contributed by atoms with Crippen molar-refractivity contribution in [3.63, 3.8) is 0 Å². The maximum Gasteiger partial charge on any atom is 0.264 e. The van der Waals surface area contributed by atoms with Crippen LogP contribution in [0.5, 0.6) is 11.5 Å². The molecule has 3 aromatic carbocycles. The smallest absolute Gasteiger partial charge is 0.264 e. The zero-order valence-electron chi connectivity index (χ0n) is 24.9. The molecule has 42 heavy (non-hydrogen) atoms. The Hall–Kier alpha value is -4.57. The molecule has 1 amide bonds. The fourth-order valence-corrected chi connectivity index (χ4v) is 6.09. The third kappa shape index (κ3) is 6.33. The predicted molar refractivity (Wildman–Crippen MR) is 166 cm³/mol. The molecule has 220 valence electrons. The second kappa shape index (κ2) is 12.5. The summed E-state index contributed by atoms with van der Waals surface area (Å²) >= 11 is 0. The lowest BCUT2D eigenvalue weighted by atomic mass is 10.1. The first-order valence-corrected chi connectivity index (χ1v) is 14.8. The lowest BCUT2D eigenvalue weighted by molar-refractivity contribution is -0.119. The van der Waals surface area contributed by atoms with Gasteiger partial charge < -0.3 is 14.0 Å². The highest BCUT2D eigenvalue weighted by Gasteiger charge is 2.28. The number of ether oxygens (including phenoxy) is 2. The van der Waals surface area contributed by atoms with E-state index in [-0.39, 0.29) is 10.6 Å². The minimum atomic E-state index is -4.16. The third-order valence-electron chi connectivity index (χ3n) is 7.16. The number of nitrogens with one attached hydrogen (secondary N) is 1. The van der Waals surface area contributed by atoms with Gasteiger partial charge in [-0.1, -0.05) is 23.8 Å². The average Bonchev–Trinajstić information content (AvgIpc) is 3.25. The molecule has 1 aromatic heterocycles. The van der Waals surface area contributed by atoms with Crippen molar-refractivity contribution in [3.05, 3.63) is 100 Å². The van der Waals surface area contributed by atoms with E-state index >= 15 is 0 Å². The molecule has 0 saturated heterocycles. The number of benzene rings is 3. The van der Waals surface area contributed by atoms with Gasteiger partial charge in [-0.15, -0.1) is 0 Å². The van der Waals surface area contributed by atoms with Crippen LogP contribution in [0.3, 0.4) is 0 Å². The number of rotatable bonds is 10. The Morgan fingerprint density at radius 3 is 2.21 bits per heavy atom. The first kappa shape index (κ1) is 30.4. The molecule has 10 heteroatoms. The summed E-state index contributed by atoms with van der Waals surface area (Å²) in [5.74, 6) is 0.0519. The quantitative estimate of drug-likeness (QED) is 0.198. The fourth-order valence-electron chi connectivity index (χ4n) is 4.65. The number of aromatic nitrogens is 1. The molecule has 0 saturated carbocycles. The molecule has 0 aliphatic heterocycles. The largest absolute Gasteiger partial charge is 0.493 e. The normalized spacial score (nSPS) is 11.5. The summed E-state index contributed by atoms with van der Waals surface area (Å²) in [4.78, 5) is 13.0. The summed E-state index contributed by atoms with van der Waals surface area (Å²) in [6, 6.07) is 19.5. The summed E-state index contributed by atoms with van der Waals surface area (Å²) in [5.41, 5.74) is 10.1. The molecule has 0 radical (unpaired) electrons. The van der Waals surface area contributed by atoms with Crippen molar-refractivity contribution in [1.29, 1.82) is 0 Å². The van der Waals surface area contributed by atoms with E-state index in [1.165, 1.54) is 43.5 Å². The number of hydrogen-bond acceptors (Lipinski definition) is 6. The maximum atomic E-state index is 13.8. The van der Waals surface area contributed by atoms with Crippen LogP contribution in [-0.2, 0) is 14.8 Å². The van der Waals surface area contributed by atoms with Gasteiger partial charge in [-0.3, -0.25) is 9.10 Å². The van der Waals surface area contributed by atoms with E-state index in [0.717, 1.165) is 32.5 Å².